The number of rotatable bonds is 8. The first-order chi connectivity index (χ1) is 13.3. The molecule has 0 aliphatic rings. The maximum Gasteiger partial charge on any atom is 0.242 e. The van der Waals surface area contributed by atoms with E-state index in [1.807, 2.05) is 38.1 Å². The van der Waals surface area contributed by atoms with E-state index >= 15 is 0 Å². The van der Waals surface area contributed by atoms with E-state index in [4.69, 9.17) is 0 Å². The molecule has 2 atom stereocenters. The zero-order valence-electron chi connectivity index (χ0n) is 16.4. The van der Waals surface area contributed by atoms with Crippen molar-refractivity contribution in [1.29, 1.82) is 0 Å². The van der Waals surface area contributed by atoms with Gasteiger partial charge in [0.25, 0.3) is 0 Å². The Morgan fingerprint density at radius 3 is 2.39 bits per heavy atom. The quantitative estimate of drug-likeness (QED) is 0.647. The zero-order chi connectivity index (χ0) is 20.7. The van der Waals surface area contributed by atoms with Crippen LogP contribution in [0.4, 0.5) is 4.39 Å². The van der Waals surface area contributed by atoms with E-state index in [2.05, 4.69) is 21.2 Å². The Hall–Kier alpha value is -2.21. The molecule has 6 heteroatoms. The molecule has 150 valence electrons. The summed E-state index contributed by atoms with van der Waals surface area (Å²) in [5, 5.41) is 2.94. The highest BCUT2D eigenvalue weighted by atomic mass is 79.9. The molecule has 2 aromatic carbocycles. The average molecular weight is 449 g/mol. The molecule has 2 aromatic rings. The second-order valence-electron chi connectivity index (χ2n) is 6.95. The third-order valence-corrected chi connectivity index (χ3v) is 5.17. The van der Waals surface area contributed by atoms with Crippen molar-refractivity contribution < 1.29 is 14.0 Å². The molecule has 0 unspecified atom stereocenters. The predicted octanol–water partition coefficient (Wildman–Crippen LogP) is 4.46. The van der Waals surface area contributed by atoms with Gasteiger partial charge in [0.15, 0.2) is 0 Å². The van der Waals surface area contributed by atoms with Crippen molar-refractivity contribution in [2.24, 2.45) is 0 Å². The topological polar surface area (TPSA) is 49.4 Å². The number of halogens is 2. The number of hydrogen-bond acceptors (Lipinski definition) is 2. The van der Waals surface area contributed by atoms with Crippen LogP contribution in [-0.4, -0.2) is 28.8 Å². The molecule has 0 radical (unpaired) electrons. The lowest BCUT2D eigenvalue weighted by atomic mass is 10.1. The number of carbonyl (C=O) groups excluding carboxylic acids is 2. The van der Waals surface area contributed by atoms with Crippen molar-refractivity contribution >= 4 is 27.7 Å². The van der Waals surface area contributed by atoms with E-state index in [1.54, 1.807) is 24.0 Å². The summed E-state index contributed by atoms with van der Waals surface area (Å²) in [6, 6.07) is 12.9. The van der Waals surface area contributed by atoms with Gasteiger partial charge in [0.05, 0.1) is 6.42 Å². The van der Waals surface area contributed by atoms with Crippen LogP contribution in [0.15, 0.2) is 53.0 Å². The van der Waals surface area contributed by atoms with Gasteiger partial charge in [-0.1, -0.05) is 47.1 Å². The number of benzene rings is 2. The SMILES string of the molecule is CC[C@H](C)NC(=O)[C@H](C)N(Cc1cccc(Br)c1)C(=O)Cc1ccc(F)cc1. The van der Waals surface area contributed by atoms with Gasteiger partial charge in [-0.05, 0) is 55.7 Å². The monoisotopic (exact) mass is 448 g/mol. The van der Waals surface area contributed by atoms with Gasteiger partial charge in [-0.2, -0.15) is 0 Å². The predicted molar refractivity (Wildman–Crippen MR) is 112 cm³/mol. The van der Waals surface area contributed by atoms with Crippen molar-refractivity contribution in [3.63, 3.8) is 0 Å². The van der Waals surface area contributed by atoms with E-state index in [0.29, 0.717) is 12.1 Å². The second-order valence-corrected chi connectivity index (χ2v) is 7.86. The molecule has 0 saturated carbocycles. The summed E-state index contributed by atoms with van der Waals surface area (Å²) in [7, 11) is 0. The van der Waals surface area contributed by atoms with Crippen molar-refractivity contribution in [3.8, 4) is 0 Å². The normalized spacial score (nSPS) is 12.9. The molecule has 0 aromatic heterocycles. The highest BCUT2D eigenvalue weighted by Gasteiger charge is 2.26. The van der Waals surface area contributed by atoms with E-state index < -0.39 is 6.04 Å². The van der Waals surface area contributed by atoms with E-state index in [1.165, 1.54) is 12.1 Å². The molecule has 0 aliphatic heterocycles. The highest BCUT2D eigenvalue weighted by molar-refractivity contribution is 9.10. The van der Waals surface area contributed by atoms with Crippen LogP contribution in [0.2, 0.25) is 0 Å². The lowest BCUT2D eigenvalue weighted by Gasteiger charge is -2.30. The molecule has 0 spiro atoms. The number of carbonyl (C=O) groups is 2. The van der Waals surface area contributed by atoms with Gasteiger partial charge in [0, 0.05) is 17.1 Å². The minimum absolute atomic E-state index is 0.0369. The Morgan fingerprint density at radius 2 is 1.79 bits per heavy atom. The molecule has 0 bridgehead atoms. The Labute approximate surface area is 174 Å². The lowest BCUT2D eigenvalue weighted by molar-refractivity contribution is -0.140. The van der Waals surface area contributed by atoms with Crippen molar-refractivity contribution in [2.45, 2.75) is 52.2 Å². The van der Waals surface area contributed by atoms with Crippen LogP contribution in [0.1, 0.15) is 38.3 Å². The van der Waals surface area contributed by atoms with Crippen LogP contribution < -0.4 is 5.32 Å². The largest absolute Gasteiger partial charge is 0.352 e. The van der Waals surface area contributed by atoms with E-state index in [-0.39, 0.29) is 30.1 Å². The molecule has 0 aliphatic carbocycles. The number of nitrogens with zero attached hydrogens (tertiary/aromatic N) is 1. The molecule has 0 heterocycles. The Kier molecular flexibility index (Phi) is 8.18. The maximum atomic E-state index is 13.1. The Bertz CT molecular complexity index is 810. The molecule has 0 fully saturated rings. The minimum Gasteiger partial charge on any atom is -0.352 e. The Morgan fingerprint density at radius 1 is 1.11 bits per heavy atom. The smallest absolute Gasteiger partial charge is 0.242 e. The molecular weight excluding hydrogens is 423 g/mol. The molecule has 2 amide bonds. The first-order valence-electron chi connectivity index (χ1n) is 9.39. The lowest BCUT2D eigenvalue weighted by Crippen LogP contribution is -2.49. The highest BCUT2D eigenvalue weighted by Crippen LogP contribution is 2.17. The summed E-state index contributed by atoms with van der Waals surface area (Å²) in [6.07, 6.45) is 0.919. The molecule has 4 nitrogen and oxygen atoms in total. The van der Waals surface area contributed by atoms with Gasteiger partial charge in [-0.15, -0.1) is 0 Å². The maximum absolute atomic E-state index is 13.1. The number of amides is 2. The van der Waals surface area contributed by atoms with Gasteiger partial charge in [-0.25, -0.2) is 4.39 Å². The number of nitrogens with one attached hydrogen (secondary N) is 1. The number of hydrogen-bond donors (Lipinski definition) is 1. The first-order valence-corrected chi connectivity index (χ1v) is 10.2. The van der Waals surface area contributed by atoms with Gasteiger partial charge in [0.1, 0.15) is 11.9 Å². The summed E-state index contributed by atoms with van der Waals surface area (Å²) in [5.74, 6) is -0.710. The first kappa shape index (κ1) is 22.1. The fourth-order valence-electron chi connectivity index (χ4n) is 2.76. The van der Waals surface area contributed by atoms with Crippen molar-refractivity contribution in [1.82, 2.24) is 10.2 Å². The van der Waals surface area contributed by atoms with Crippen LogP contribution in [0.5, 0.6) is 0 Å². The van der Waals surface area contributed by atoms with Crippen molar-refractivity contribution in [2.75, 3.05) is 0 Å². The summed E-state index contributed by atoms with van der Waals surface area (Å²) in [5.41, 5.74) is 1.63. The molecule has 0 saturated heterocycles. The molecule has 2 rings (SSSR count). The van der Waals surface area contributed by atoms with Gasteiger partial charge < -0.3 is 10.2 Å². The van der Waals surface area contributed by atoms with Crippen LogP contribution in [0.25, 0.3) is 0 Å². The Balaban J connectivity index is 2.22. The summed E-state index contributed by atoms with van der Waals surface area (Å²) >= 11 is 3.44. The van der Waals surface area contributed by atoms with Gasteiger partial charge >= 0.3 is 0 Å². The van der Waals surface area contributed by atoms with E-state index in [0.717, 1.165) is 16.5 Å². The van der Waals surface area contributed by atoms with Crippen LogP contribution in [0, 0.1) is 5.82 Å². The fraction of sp³-hybridized carbons (Fsp3) is 0.364. The van der Waals surface area contributed by atoms with Crippen LogP contribution in [0.3, 0.4) is 0 Å². The van der Waals surface area contributed by atoms with Crippen molar-refractivity contribution in [3.05, 3.63) is 69.9 Å². The van der Waals surface area contributed by atoms with Gasteiger partial charge in [0.2, 0.25) is 11.8 Å². The zero-order valence-corrected chi connectivity index (χ0v) is 18.0. The minimum atomic E-state index is -0.624. The average Bonchev–Trinajstić information content (AvgIpc) is 2.67. The summed E-state index contributed by atoms with van der Waals surface area (Å²) in [4.78, 5) is 27.2. The molecule has 28 heavy (non-hydrogen) atoms. The van der Waals surface area contributed by atoms with E-state index in [9.17, 15) is 14.0 Å². The third kappa shape index (κ3) is 6.44. The fourth-order valence-corrected chi connectivity index (χ4v) is 3.21. The third-order valence-electron chi connectivity index (χ3n) is 4.68. The molecular formula is C22H26BrFN2O2. The van der Waals surface area contributed by atoms with Crippen LogP contribution >= 0.6 is 15.9 Å². The summed E-state index contributed by atoms with van der Waals surface area (Å²) < 4.78 is 14.1. The molecule has 1 N–H and O–H groups in total. The second kappa shape index (κ2) is 10.4. The van der Waals surface area contributed by atoms with Crippen LogP contribution in [-0.2, 0) is 22.6 Å². The summed E-state index contributed by atoms with van der Waals surface area (Å²) in [6.45, 7) is 5.98. The van der Waals surface area contributed by atoms with Gasteiger partial charge in [-0.3, -0.25) is 9.59 Å². The standard InChI is InChI=1S/C22H26BrFN2O2/c1-4-15(2)25-22(28)16(3)26(14-18-6-5-7-19(23)12-18)21(27)13-17-8-10-20(24)11-9-17/h5-12,15-16H,4,13-14H2,1-3H3,(H,25,28)/t15-,16-/m0/s1.